The van der Waals surface area contributed by atoms with E-state index in [9.17, 15) is 9.59 Å². The van der Waals surface area contributed by atoms with E-state index in [1.165, 1.54) is 0 Å². The molecule has 2 rings (SSSR count). The lowest BCUT2D eigenvalue weighted by atomic mass is 9.95. The largest absolute Gasteiger partial charge is 0.342 e. The quantitative estimate of drug-likeness (QED) is 0.857. The lowest BCUT2D eigenvalue weighted by molar-refractivity contribution is -0.136. The Morgan fingerprint density at radius 1 is 1.33 bits per heavy atom. The van der Waals surface area contributed by atoms with Crippen LogP contribution in [-0.4, -0.2) is 53.0 Å². The summed E-state index contributed by atoms with van der Waals surface area (Å²) in [4.78, 5) is 28.4. The molecule has 2 aliphatic heterocycles. The van der Waals surface area contributed by atoms with Gasteiger partial charge in [0.25, 0.3) is 0 Å². The van der Waals surface area contributed by atoms with Gasteiger partial charge in [-0.05, 0) is 19.3 Å². The van der Waals surface area contributed by atoms with Gasteiger partial charge in [-0.3, -0.25) is 14.9 Å². The number of hydrogen-bond donors (Lipinski definition) is 1. The fourth-order valence-corrected chi connectivity index (χ4v) is 3.72. The SMILES string of the molecule is CCC(=O)N1CCC2(CC1)NC(CC(C)C)C(=O)N2CC. The molecule has 0 aromatic heterocycles. The molecule has 1 N–H and O–H groups in total. The van der Waals surface area contributed by atoms with Gasteiger partial charge >= 0.3 is 0 Å². The number of carbonyl (C=O) groups is 2. The van der Waals surface area contributed by atoms with Crippen molar-refractivity contribution in [2.75, 3.05) is 19.6 Å². The number of piperidine rings is 1. The summed E-state index contributed by atoms with van der Waals surface area (Å²) in [6.45, 7) is 10.5. The number of rotatable bonds is 4. The maximum Gasteiger partial charge on any atom is 0.241 e. The van der Waals surface area contributed by atoms with E-state index in [-0.39, 0.29) is 23.5 Å². The Morgan fingerprint density at radius 3 is 2.43 bits per heavy atom. The summed E-state index contributed by atoms with van der Waals surface area (Å²) in [5.41, 5.74) is -0.226. The second kappa shape index (κ2) is 6.34. The van der Waals surface area contributed by atoms with Crippen molar-refractivity contribution in [1.82, 2.24) is 15.1 Å². The molecule has 0 radical (unpaired) electrons. The van der Waals surface area contributed by atoms with Crippen LogP contribution in [0.5, 0.6) is 0 Å². The molecule has 2 saturated heterocycles. The second-order valence-corrected chi connectivity index (χ2v) is 6.67. The Kier molecular flexibility index (Phi) is 4.91. The summed E-state index contributed by atoms with van der Waals surface area (Å²) >= 11 is 0. The maximum absolute atomic E-state index is 12.6. The summed E-state index contributed by atoms with van der Waals surface area (Å²) in [5, 5.41) is 3.60. The van der Waals surface area contributed by atoms with E-state index in [0.717, 1.165) is 38.9 Å². The van der Waals surface area contributed by atoms with Gasteiger partial charge in [-0.15, -0.1) is 0 Å². The highest BCUT2D eigenvalue weighted by Crippen LogP contribution is 2.33. The lowest BCUT2D eigenvalue weighted by Gasteiger charge is -2.44. The number of hydrogen-bond acceptors (Lipinski definition) is 3. The molecule has 5 heteroatoms. The van der Waals surface area contributed by atoms with Gasteiger partial charge in [-0.1, -0.05) is 20.8 Å². The highest BCUT2D eigenvalue weighted by molar-refractivity contribution is 5.85. The first-order chi connectivity index (χ1) is 9.93. The normalized spacial score (nSPS) is 25.2. The van der Waals surface area contributed by atoms with Crippen LogP contribution < -0.4 is 5.32 Å². The van der Waals surface area contributed by atoms with Crippen LogP contribution in [0.25, 0.3) is 0 Å². The van der Waals surface area contributed by atoms with Gasteiger partial charge in [0.1, 0.15) is 0 Å². The molecule has 2 aliphatic rings. The third-order valence-electron chi connectivity index (χ3n) is 4.79. The zero-order valence-electron chi connectivity index (χ0n) is 13.8. The first-order valence-corrected chi connectivity index (χ1v) is 8.30. The van der Waals surface area contributed by atoms with Crippen molar-refractivity contribution in [3.05, 3.63) is 0 Å². The average Bonchev–Trinajstić information content (AvgIpc) is 2.70. The highest BCUT2D eigenvalue weighted by Gasteiger charge is 2.50. The molecule has 1 atom stereocenters. The Balaban J connectivity index is 2.08. The molecule has 0 aliphatic carbocycles. The van der Waals surface area contributed by atoms with Crippen molar-refractivity contribution >= 4 is 11.8 Å². The van der Waals surface area contributed by atoms with E-state index in [2.05, 4.69) is 19.2 Å². The maximum atomic E-state index is 12.6. The minimum absolute atomic E-state index is 0.0571. The molecule has 0 aromatic rings. The van der Waals surface area contributed by atoms with Gasteiger partial charge in [0.05, 0.1) is 11.7 Å². The standard InChI is InChI=1S/C16H29N3O2/c1-5-14(20)18-9-7-16(8-10-18)17-13(11-12(3)4)15(21)19(16)6-2/h12-13,17H,5-11H2,1-4H3. The molecule has 21 heavy (non-hydrogen) atoms. The Hall–Kier alpha value is -1.10. The van der Waals surface area contributed by atoms with E-state index in [4.69, 9.17) is 0 Å². The number of nitrogens with one attached hydrogen (secondary N) is 1. The molecule has 5 nitrogen and oxygen atoms in total. The number of nitrogens with zero attached hydrogens (tertiary/aromatic N) is 2. The number of carbonyl (C=O) groups excluding carboxylic acids is 2. The van der Waals surface area contributed by atoms with E-state index < -0.39 is 0 Å². The van der Waals surface area contributed by atoms with Gasteiger partial charge in [0, 0.05) is 38.9 Å². The molecule has 0 aromatic carbocycles. The Labute approximate surface area is 128 Å². The number of likely N-dealkylation sites (tertiary alicyclic amines) is 1. The second-order valence-electron chi connectivity index (χ2n) is 6.67. The fourth-order valence-electron chi connectivity index (χ4n) is 3.72. The molecular weight excluding hydrogens is 266 g/mol. The minimum atomic E-state index is -0.226. The van der Waals surface area contributed by atoms with Gasteiger partial charge in [0.2, 0.25) is 11.8 Å². The van der Waals surface area contributed by atoms with E-state index in [1.54, 1.807) is 0 Å². The van der Waals surface area contributed by atoms with E-state index in [0.29, 0.717) is 12.3 Å². The molecule has 2 amide bonds. The van der Waals surface area contributed by atoms with Crippen LogP contribution in [-0.2, 0) is 9.59 Å². The Bertz CT molecular complexity index is 400. The predicted octanol–water partition coefficient (Wildman–Crippen LogP) is 1.58. The van der Waals surface area contributed by atoms with Crippen LogP contribution >= 0.6 is 0 Å². The fraction of sp³-hybridized carbons (Fsp3) is 0.875. The van der Waals surface area contributed by atoms with E-state index >= 15 is 0 Å². The van der Waals surface area contributed by atoms with Gasteiger partial charge in [-0.2, -0.15) is 0 Å². The predicted molar refractivity (Wildman–Crippen MR) is 82.6 cm³/mol. The molecule has 1 spiro atoms. The van der Waals surface area contributed by atoms with Gasteiger partial charge in [0.15, 0.2) is 0 Å². The highest BCUT2D eigenvalue weighted by atomic mass is 16.2. The molecular formula is C16H29N3O2. The third kappa shape index (κ3) is 3.07. The van der Waals surface area contributed by atoms with Crippen molar-refractivity contribution in [2.24, 2.45) is 5.92 Å². The first-order valence-electron chi connectivity index (χ1n) is 8.30. The van der Waals surface area contributed by atoms with E-state index in [1.807, 2.05) is 23.6 Å². The summed E-state index contributed by atoms with van der Waals surface area (Å²) in [6.07, 6.45) is 3.13. The molecule has 2 fully saturated rings. The average molecular weight is 295 g/mol. The zero-order valence-corrected chi connectivity index (χ0v) is 13.8. The number of amides is 2. The third-order valence-corrected chi connectivity index (χ3v) is 4.79. The molecule has 1 unspecified atom stereocenters. The van der Waals surface area contributed by atoms with Crippen LogP contribution in [0, 0.1) is 5.92 Å². The molecule has 120 valence electrons. The Morgan fingerprint density at radius 2 is 1.95 bits per heavy atom. The van der Waals surface area contributed by atoms with Crippen molar-refractivity contribution in [3.8, 4) is 0 Å². The summed E-state index contributed by atoms with van der Waals surface area (Å²) in [7, 11) is 0. The van der Waals surface area contributed by atoms with Crippen molar-refractivity contribution in [2.45, 2.75) is 65.1 Å². The topological polar surface area (TPSA) is 52.7 Å². The first kappa shape index (κ1) is 16.3. The summed E-state index contributed by atoms with van der Waals surface area (Å²) < 4.78 is 0. The van der Waals surface area contributed by atoms with Gasteiger partial charge < -0.3 is 9.80 Å². The van der Waals surface area contributed by atoms with Crippen molar-refractivity contribution < 1.29 is 9.59 Å². The monoisotopic (exact) mass is 295 g/mol. The molecule has 0 bridgehead atoms. The summed E-state index contributed by atoms with van der Waals surface area (Å²) in [6, 6.07) is -0.0571. The van der Waals surface area contributed by atoms with Crippen LogP contribution in [0.1, 0.15) is 53.4 Å². The summed E-state index contributed by atoms with van der Waals surface area (Å²) in [5.74, 6) is 0.958. The van der Waals surface area contributed by atoms with Crippen LogP contribution in [0.3, 0.4) is 0 Å². The molecule has 0 saturated carbocycles. The van der Waals surface area contributed by atoms with Crippen LogP contribution in [0.4, 0.5) is 0 Å². The number of likely N-dealkylation sites (N-methyl/N-ethyl adjacent to an activating group) is 1. The van der Waals surface area contributed by atoms with Crippen LogP contribution in [0.15, 0.2) is 0 Å². The van der Waals surface area contributed by atoms with Crippen molar-refractivity contribution in [3.63, 3.8) is 0 Å². The van der Waals surface area contributed by atoms with Crippen molar-refractivity contribution in [1.29, 1.82) is 0 Å². The van der Waals surface area contributed by atoms with Gasteiger partial charge in [-0.25, -0.2) is 0 Å². The molecule has 2 heterocycles. The van der Waals surface area contributed by atoms with Crippen LogP contribution in [0.2, 0.25) is 0 Å². The smallest absolute Gasteiger partial charge is 0.241 e. The lowest BCUT2D eigenvalue weighted by Crippen LogP contribution is -2.59. The zero-order chi connectivity index (χ0) is 15.6. The minimum Gasteiger partial charge on any atom is -0.342 e.